The zero-order valence-electron chi connectivity index (χ0n) is 16.6. The van der Waals surface area contributed by atoms with E-state index in [1.807, 2.05) is 18.6 Å². The summed E-state index contributed by atoms with van der Waals surface area (Å²) >= 11 is 1.60. The fraction of sp³-hybridized carbons (Fsp3) is 0.650. The van der Waals surface area contributed by atoms with E-state index in [1.54, 1.807) is 11.8 Å². The number of piperidine rings is 1. The number of esters is 1. The summed E-state index contributed by atoms with van der Waals surface area (Å²) in [7, 11) is 1.42. The molecule has 3 rings (SSSR count). The number of methoxy groups -OCH3 is 1. The zero-order valence-corrected chi connectivity index (χ0v) is 17.4. The molecule has 0 spiro atoms. The van der Waals surface area contributed by atoms with Crippen molar-refractivity contribution in [2.45, 2.75) is 57.3 Å². The van der Waals surface area contributed by atoms with Crippen LogP contribution in [0.1, 0.15) is 52.4 Å². The molecular weight excluding hydrogens is 360 g/mol. The van der Waals surface area contributed by atoms with Crippen molar-refractivity contribution < 1.29 is 9.53 Å². The van der Waals surface area contributed by atoms with Gasteiger partial charge in [-0.2, -0.15) is 0 Å². The number of hydrogen-bond donors (Lipinski definition) is 0. The first kappa shape index (κ1) is 20.0. The van der Waals surface area contributed by atoms with E-state index in [1.165, 1.54) is 39.2 Å². The second kappa shape index (κ2) is 8.95. The van der Waals surface area contributed by atoms with Gasteiger partial charge in [0.05, 0.1) is 18.4 Å². The molecule has 1 aliphatic heterocycles. The fourth-order valence-electron chi connectivity index (χ4n) is 3.67. The molecule has 1 fully saturated rings. The molecule has 1 aliphatic rings. The Kier molecular flexibility index (Phi) is 6.63. The Bertz CT molecular complexity index is 768. The first-order valence-electron chi connectivity index (χ1n) is 9.83. The van der Waals surface area contributed by atoms with E-state index in [4.69, 9.17) is 9.72 Å². The Morgan fingerprint density at radius 1 is 1.33 bits per heavy atom. The van der Waals surface area contributed by atoms with Crippen LogP contribution in [0.5, 0.6) is 0 Å². The van der Waals surface area contributed by atoms with Crippen molar-refractivity contribution in [1.82, 2.24) is 14.4 Å². The summed E-state index contributed by atoms with van der Waals surface area (Å²) in [5, 5.41) is 0. The number of ether oxygens (including phenoxy) is 1. The molecule has 0 saturated carbocycles. The Morgan fingerprint density at radius 2 is 2.11 bits per heavy atom. The number of imidazole rings is 1. The number of aromatic nitrogens is 3. The van der Waals surface area contributed by atoms with Crippen molar-refractivity contribution in [3.8, 4) is 0 Å². The molecule has 0 amide bonds. The highest BCUT2D eigenvalue weighted by Crippen LogP contribution is 2.37. The van der Waals surface area contributed by atoms with Gasteiger partial charge in [-0.05, 0) is 24.7 Å². The van der Waals surface area contributed by atoms with E-state index < -0.39 is 0 Å². The summed E-state index contributed by atoms with van der Waals surface area (Å²) in [4.78, 5) is 24.0. The summed E-state index contributed by atoms with van der Waals surface area (Å²) < 4.78 is 6.78. The van der Waals surface area contributed by atoms with Crippen LogP contribution < -0.4 is 4.90 Å². The predicted molar refractivity (Wildman–Crippen MR) is 109 cm³/mol. The average Bonchev–Trinajstić information content (AvgIpc) is 3.17. The lowest BCUT2D eigenvalue weighted by atomic mass is 9.76. The van der Waals surface area contributed by atoms with Gasteiger partial charge in [-0.1, -0.05) is 26.7 Å². The second-order valence-corrected chi connectivity index (χ2v) is 8.76. The number of carbonyl (C=O) groups excluding carboxylic acids is 1. The van der Waals surface area contributed by atoms with Crippen LogP contribution in [0.2, 0.25) is 0 Å². The SMILES string of the molecule is CCCCC1(C)CCN(c2ncc(SCCC(=O)OC)c3nccn23)CC1. The smallest absolute Gasteiger partial charge is 0.306 e. The normalized spacial score (nSPS) is 16.6. The van der Waals surface area contributed by atoms with Crippen LogP contribution in [0.25, 0.3) is 5.65 Å². The van der Waals surface area contributed by atoms with Crippen molar-refractivity contribution in [1.29, 1.82) is 0 Å². The molecule has 2 aromatic rings. The minimum absolute atomic E-state index is 0.189. The number of fused-ring (bicyclic) bond motifs is 1. The van der Waals surface area contributed by atoms with Gasteiger partial charge in [0, 0.05) is 37.4 Å². The van der Waals surface area contributed by atoms with Gasteiger partial charge < -0.3 is 9.64 Å². The molecule has 3 heterocycles. The first-order valence-corrected chi connectivity index (χ1v) is 10.8. The molecule has 148 valence electrons. The largest absolute Gasteiger partial charge is 0.469 e. The Morgan fingerprint density at radius 3 is 2.81 bits per heavy atom. The monoisotopic (exact) mass is 390 g/mol. The second-order valence-electron chi connectivity index (χ2n) is 7.62. The lowest BCUT2D eigenvalue weighted by molar-refractivity contribution is -0.140. The van der Waals surface area contributed by atoms with E-state index in [0.717, 1.165) is 29.6 Å². The maximum atomic E-state index is 11.3. The standard InChI is InChI=1S/C20H30N4O2S/c1-4-5-7-20(2)8-11-23(12-9-20)19-22-15-16(18-21-10-13-24(18)19)27-14-6-17(25)26-3/h10,13,15H,4-9,11-12,14H2,1-3H3. The molecule has 7 heteroatoms. The lowest BCUT2D eigenvalue weighted by Gasteiger charge is -2.40. The molecule has 0 unspecified atom stereocenters. The van der Waals surface area contributed by atoms with Crippen LogP contribution in [0, 0.1) is 5.41 Å². The van der Waals surface area contributed by atoms with Gasteiger partial charge in [0.15, 0.2) is 5.65 Å². The molecular formula is C20H30N4O2S. The van der Waals surface area contributed by atoms with E-state index in [-0.39, 0.29) is 5.97 Å². The van der Waals surface area contributed by atoms with Gasteiger partial charge in [0.25, 0.3) is 0 Å². The summed E-state index contributed by atoms with van der Waals surface area (Å²) in [6, 6.07) is 0. The maximum absolute atomic E-state index is 11.3. The minimum Gasteiger partial charge on any atom is -0.469 e. The van der Waals surface area contributed by atoms with Gasteiger partial charge >= 0.3 is 5.97 Å². The molecule has 0 N–H and O–H groups in total. The molecule has 1 saturated heterocycles. The number of hydrogen-bond acceptors (Lipinski definition) is 6. The summed E-state index contributed by atoms with van der Waals surface area (Å²) in [6.07, 6.45) is 12.4. The van der Waals surface area contributed by atoms with Gasteiger partial charge in [0.2, 0.25) is 5.95 Å². The quantitative estimate of drug-likeness (QED) is 0.498. The molecule has 0 atom stereocenters. The number of unbranched alkanes of at least 4 members (excludes halogenated alkanes) is 1. The zero-order chi connectivity index (χ0) is 19.3. The fourth-order valence-corrected chi connectivity index (χ4v) is 4.56. The van der Waals surface area contributed by atoms with Crippen molar-refractivity contribution in [2.24, 2.45) is 5.41 Å². The van der Waals surface area contributed by atoms with E-state index in [9.17, 15) is 4.79 Å². The topological polar surface area (TPSA) is 59.7 Å². The van der Waals surface area contributed by atoms with Gasteiger partial charge in [-0.3, -0.25) is 9.20 Å². The van der Waals surface area contributed by atoms with Gasteiger partial charge in [0.1, 0.15) is 0 Å². The summed E-state index contributed by atoms with van der Waals surface area (Å²) in [6.45, 7) is 6.77. The van der Waals surface area contributed by atoms with Crippen LogP contribution in [-0.4, -0.2) is 46.3 Å². The number of carbonyl (C=O) groups is 1. The van der Waals surface area contributed by atoms with E-state index in [2.05, 4.69) is 28.1 Å². The Hall–Kier alpha value is -1.76. The Labute approximate surface area is 165 Å². The van der Waals surface area contributed by atoms with E-state index >= 15 is 0 Å². The number of thioether (sulfide) groups is 1. The van der Waals surface area contributed by atoms with Crippen molar-refractivity contribution in [3.63, 3.8) is 0 Å². The molecule has 0 aliphatic carbocycles. The maximum Gasteiger partial charge on any atom is 0.306 e. The number of rotatable bonds is 8. The minimum atomic E-state index is -0.189. The average molecular weight is 391 g/mol. The van der Waals surface area contributed by atoms with Crippen molar-refractivity contribution >= 4 is 29.3 Å². The summed E-state index contributed by atoms with van der Waals surface area (Å²) in [5.74, 6) is 1.44. The Balaban J connectivity index is 1.69. The first-order chi connectivity index (χ1) is 13.1. The summed E-state index contributed by atoms with van der Waals surface area (Å²) in [5.41, 5.74) is 1.37. The molecule has 6 nitrogen and oxygen atoms in total. The van der Waals surface area contributed by atoms with Crippen LogP contribution in [0.15, 0.2) is 23.5 Å². The molecule has 0 aromatic carbocycles. The van der Waals surface area contributed by atoms with Gasteiger partial charge in [-0.25, -0.2) is 9.97 Å². The third-order valence-corrected chi connectivity index (χ3v) is 6.56. The highest BCUT2D eigenvalue weighted by molar-refractivity contribution is 7.99. The van der Waals surface area contributed by atoms with Crippen molar-refractivity contribution in [3.05, 3.63) is 18.6 Å². The van der Waals surface area contributed by atoms with Gasteiger partial charge in [-0.15, -0.1) is 11.8 Å². The van der Waals surface area contributed by atoms with Crippen LogP contribution in [0.4, 0.5) is 5.95 Å². The van der Waals surface area contributed by atoms with Crippen LogP contribution in [0.3, 0.4) is 0 Å². The predicted octanol–water partition coefficient (Wildman–Crippen LogP) is 4.18. The number of anilines is 1. The van der Waals surface area contributed by atoms with E-state index in [0.29, 0.717) is 17.6 Å². The lowest BCUT2D eigenvalue weighted by Crippen LogP contribution is -2.40. The molecule has 0 radical (unpaired) electrons. The molecule has 2 aromatic heterocycles. The number of nitrogens with zero attached hydrogens (tertiary/aromatic N) is 4. The highest BCUT2D eigenvalue weighted by atomic mass is 32.2. The molecule has 0 bridgehead atoms. The van der Waals surface area contributed by atoms with Crippen LogP contribution >= 0.6 is 11.8 Å². The van der Waals surface area contributed by atoms with Crippen LogP contribution in [-0.2, 0) is 9.53 Å². The third-order valence-electron chi connectivity index (χ3n) is 5.55. The molecule has 27 heavy (non-hydrogen) atoms. The third kappa shape index (κ3) is 4.75. The highest BCUT2D eigenvalue weighted by Gasteiger charge is 2.30. The van der Waals surface area contributed by atoms with Crippen molar-refractivity contribution in [2.75, 3.05) is 30.9 Å².